The Balaban J connectivity index is 2.33. The normalized spacial score (nSPS) is 15.7. The average Bonchev–Trinajstić information content (AvgIpc) is 2.94. The van der Waals surface area contributed by atoms with E-state index in [0.717, 1.165) is 11.1 Å². The van der Waals surface area contributed by atoms with Crippen LogP contribution in [0.3, 0.4) is 0 Å². The van der Waals surface area contributed by atoms with Gasteiger partial charge in [0.15, 0.2) is 0 Å². The van der Waals surface area contributed by atoms with Crippen molar-refractivity contribution in [2.45, 2.75) is 18.8 Å². The van der Waals surface area contributed by atoms with Crippen LogP contribution in [0.2, 0.25) is 0 Å². The van der Waals surface area contributed by atoms with Crippen molar-refractivity contribution in [1.82, 2.24) is 9.38 Å². The zero-order valence-electron chi connectivity index (χ0n) is 8.35. The van der Waals surface area contributed by atoms with Gasteiger partial charge in [-0.3, -0.25) is 0 Å². The Bertz CT molecular complexity index is 538. The first-order valence-electron chi connectivity index (χ1n) is 5.10. The molecule has 3 nitrogen and oxygen atoms in total. The van der Waals surface area contributed by atoms with Gasteiger partial charge in [0.2, 0.25) is 0 Å². The third-order valence-electron chi connectivity index (χ3n) is 2.93. The van der Waals surface area contributed by atoms with Crippen LogP contribution in [0.1, 0.15) is 29.9 Å². The quantitative estimate of drug-likeness (QED) is 0.757. The maximum Gasteiger partial charge on any atom is 0.118 e. The number of aliphatic hydroxyl groups is 1. The summed E-state index contributed by atoms with van der Waals surface area (Å²) in [5.74, 6) is 0.742. The highest BCUT2D eigenvalue weighted by Gasteiger charge is 2.27. The highest BCUT2D eigenvalue weighted by Crippen LogP contribution is 2.43. The second-order valence-corrected chi connectivity index (χ2v) is 4.05. The fourth-order valence-electron chi connectivity index (χ4n) is 2.06. The van der Waals surface area contributed by atoms with E-state index in [9.17, 15) is 5.11 Å². The van der Waals surface area contributed by atoms with Gasteiger partial charge in [-0.2, -0.15) is 0 Å². The van der Waals surface area contributed by atoms with Crippen molar-refractivity contribution >= 4 is 11.3 Å². The molecule has 15 heavy (non-hydrogen) atoms. The summed E-state index contributed by atoms with van der Waals surface area (Å²) in [6.45, 7) is 3.64. The van der Waals surface area contributed by atoms with E-state index in [0.29, 0.717) is 5.92 Å². The molecule has 2 aromatic rings. The Labute approximate surface area is 87.7 Å². The van der Waals surface area contributed by atoms with Crippen LogP contribution in [0.5, 0.6) is 0 Å². The summed E-state index contributed by atoms with van der Waals surface area (Å²) in [6, 6.07) is 2.06. The molecule has 0 aliphatic heterocycles. The van der Waals surface area contributed by atoms with Crippen LogP contribution < -0.4 is 0 Å². The van der Waals surface area contributed by atoms with Crippen molar-refractivity contribution in [2.75, 3.05) is 0 Å². The fourth-order valence-corrected chi connectivity index (χ4v) is 2.06. The van der Waals surface area contributed by atoms with E-state index < -0.39 is 0 Å². The molecule has 2 heterocycles. The van der Waals surface area contributed by atoms with Crippen LogP contribution in [-0.4, -0.2) is 14.5 Å². The van der Waals surface area contributed by atoms with Crippen LogP contribution in [-0.2, 0) is 0 Å². The van der Waals surface area contributed by atoms with Gasteiger partial charge in [0.1, 0.15) is 5.76 Å². The Hall–Kier alpha value is -1.77. The second-order valence-electron chi connectivity index (χ2n) is 4.05. The van der Waals surface area contributed by atoms with Gasteiger partial charge >= 0.3 is 0 Å². The number of nitrogens with zero attached hydrogens (tertiary/aromatic N) is 2. The SMILES string of the molecule is C=C(O)c1c(C2CC2)ccn2cncc12. The first kappa shape index (κ1) is 8.53. The van der Waals surface area contributed by atoms with Gasteiger partial charge in [0.05, 0.1) is 18.0 Å². The number of pyridine rings is 1. The lowest BCUT2D eigenvalue weighted by atomic mass is 10.0. The van der Waals surface area contributed by atoms with Crippen LogP contribution >= 0.6 is 0 Å². The lowest BCUT2D eigenvalue weighted by molar-refractivity contribution is 0.513. The van der Waals surface area contributed by atoms with Crippen molar-refractivity contribution in [1.29, 1.82) is 0 Å². The molecule has 1 N–H and O–H groups in total. The topological polar surface area (TPSA) is 37.5 Å². The van der Waals surface area contributed by atoms with E-state index in [4.69, 9.17) is 0 Å². The molecule has 0 aromatic carbocycles. The Morgan fingerprint density at radius 2 is 2.33 bits per heavy atom. The summed E-state index contributed by atoms with van der Waals surface area (Å²) in [7, 11) is 0. The van der Waals surface area contributed by atoms with E-state index in [1.54, 1.807) is 12.5 Å². The van der Waals surface area contributed by atoms with Crippen molar-refractivity contribution in [3.05, 3.63) is 42.5 Å². The predicted molar refractivity (Wildman–Crippen MR) is 58.8 cm³/mol. The summed E-state index contributed by atoms with van der Waals surface area (Å²) in [4.78, 5) is 4.08. The van der Waals surface area contributed by atoms with Crippen LogP contribution in [0.15, 0.2) is 31.4 Å². The maximum absolute atomic E-state index is 9.66. The number of fused-ring (bicyclic) bond motifs is 1. The minimum absolute atomic E-state index is 0.142. The minimum atomic E-state index is 0.142. The molecule has 0 radical (unpaired) electrons. The zero-order valence-corrected chi connectivity index (χ0v) is 8.35. The van der Waals surface area contributed by atoms with Gasteiger partial charge in [-0.05, 0) is 30.4 Å². The molecular formula is C12H12N2O. The monoisotopic (exact) mass is 200 g/mol. The summed E-state index contributed by atoms with van der Waals surface area (Å²) in [5, 5.41) is 9.66. The van der Waals surface area contributed by atoms with Crippen LogP contribution in [0.25, 0.3) is 11.3 Å². The van der Waals surface area contributed by atoms with E-state index >= 15 is 0 Å². The minimum Gasteiger partial charge on any atom is -0.508 e. The lowest BCUT2D eigenvalue weighted by Crippen LogP contribution is -1.95. The third kappa shape index (κ3) is 1.23. The molecule has 0 spiro atoms. The number of aliphatic hydroxyl groups excluding tert-OH is 1. The molecule has 1 aliphatic rings. The molecule has 0 saturated heterocycles. The molecule has 0 amide bonds. The highest BCUT2D eigenvalue weighted by atomic mass is 16.3. The van der Waals surface area contributed by atoms with Gasteiger partial charge in [-0.1, -0.05) is 6.58 Å². The van der Waals surface area contributed by atoms with E-state index in [-0.39, 0.29) is 5.76 Å². The van der Waals surface area contributed by atoms with Crippen LogP contribution in [0, 0.1) is 0 Å². The molecular weight excluding hydrogens is 188 g/mol. The molecule has 3 rings (SSSR count). The van der Waals surface area contributed by atoms with Crippen LogP contribution in [0.4, 0.5) is 0 Å². The Kier molecular flexibility index (Phi) is 1.63. The molecule has 0 bridgehead atoms. The van der Waals surface area contributed by atoms with Gasteiger partial charge in [-0.15, -0.1) is 0 Å². The molecule has 1 fully saturated rings. The number of rotatable bonds is 2. The van der Waals surface area contributed by atoms with E-state index in [2.05, 4.69) is 17.6 Å². The first-order chi connectivity index (χ1) is 7.27. The van der Waals surface area contributed by atoms with Crippen molar-refractivity contribution in [2.24, 2.45) is 0 Å². The van der Waals surface area contributed by atoms with Crippen molar-refractivity contribution in [3.63, 3.8) is 0 Å². The first-order valence-corrected chi connectivity index (χ1v) is 5.10. The second kappa shape index (κ2) is 2.86. The highest BCUT2D eigenvalue weighted by molar-refractivity contribution is 5.76. The van der Waals surface area contributed by atoms with Crippen molar-refractivity contribution in [3.8, 4) is 0 Å². The third-order valence-corrected chi connectivity index (χ3v) is 2.93. The fraction of sp³-hybridized carbons (Fsp3) is 0.250. The standard InChI is InChI=1S/C12H12N2O/c1-8(15)12-10(9-2-3-9)4-5-14-7-13-6-11(12)14/h4-7,9,15H,1-3H2. The Morgan fingerprint density at radius 1 is 1.53 bits per heavy atom. The number of imidazole rings is 1. The Morgan fingerprint density at radius 3 is 3.00 bits per heavy atom. The molecule has 1 aliphatic carbocycles. The van der Waals surface area contributed by atoms with Gasteiger partial charge < -0.3 is 9.51 Å². The number of hydrogen-bond acceptors (Lipinski definition) is 2. The van der Waals surface area contributed by atoms with Crippen molar-refractivity contribution < 1.29 is 5.11 Å². The molecule has 0 atom stereocenters. The molecule has 3 heteroatoms. The van der Waals surface area contributed by atoms with Gasteiger partial charge in [0, 0.05) is 11.8 Å². The lowest BCUT2D eigenvalue weighted by Gasteiger charge is -2.09. The summed E-state index contributed by atoms with van der Waals surface area (Å²) < 4.78 is 1.91. The largest absolute Gasteiger partial charge is 0.508 e. The summed E-state index contributed by atoms with van der Waals surface area (Å²) in [6.07, 6.45) is 7.92. The van der Waals surface area contributed by atoms with E-state index in [1.807, 2.05) is 10.6 Å². The maximum atomic E-state index is 9.66. The van der Waals surface area contributed by atoms with Gasteiger partial charge in [-0.25, -0.2) is 4.98 Å². The van der Waals surface area contributed by atoms with Gasteiger partial charge in [0.25, 0.3) is 0 Å². The number of aromatic nitrogens is 2. The summed E-state index contributed by atoms with van der Waals surface area (Å²) in [5.41, 5.74) is 3.00. The predicted octanol–water partition coefficient (Wildman–Crippen LogP) is 2.74. The molecule has 0 unspecified atom stereocenters. The average molecular weight is 200 g/mol. The smallest absolute Gasteiger partial charge is 0.118 e. The number of hydrogen-bond donors (Lipinski definition) is 1. The van der Waals surface area contributed by atoms with E-state index in [1.165, 1.54) is 18.4 Å². The molecule has 76 valence electrons. The molecule has 1 saturated carbocycles. The molecule has 2 aromatic heterocycles. The summed E-state index contributed by atoms with van der Waals surface area (Å²) >= 11 is 0. The zero-order chi connectivity index (χ0) is 10.4.